The summed E-state index contributed by atoms with van der Waals surface area (Å²) in [5.41, 5.74) is 0.0691. The average molecular weight is 489 g/mol. The van der Waals surface area contributed by atoms with Crippen molar-refractivity contribution in [2.75, 3.05) is 39.5 Å². The molecule has 0 radical (unpaired) electrons. The van der Waals surface area contributed by atoms with Crippen LogP contribution in [0.3, 0.4) is 0 Å². The number of aliphatic hydroxyl groups excluding tert-OH is 2. The molecule has 3 rings (SSSR count). The van der Waals surface area contributed by atoms with Crippen molar-refractivity contribution in [2.24, 2.45) is 23.2 Å². The van der Waals surface area contributed by atoms with Gasteiger partial charge < -0.3 is 19.7 Å². The average Bonchev–Trinajstić information content (AvgIpc) is 3.13. The van der Waals surface area contributed by atoms with E-state index in [2.05, 4.69) is 17.9 Å². The SMILES string of the molecule is CCC1(C(O)C/C=C/[C@@H]2[C@@H](C/C=C\CCC(=O)OCCN3CCOCC3)[C@H](C#N)C[C@H]2O)CCC1. The minimum Gasteiger partial charge on any atom is -0.464 e. The summed E-state index contributed by atoms with van der Waals surface area (Å²) in [6.07, 6.45) is 14.3. The van der Waals surface area contributed by atoms with Crippen LogP contribution in [0.2, 0.25) is 0 Å². The van der Waals surface area contributed by atoms with Crippen LogP contribution in [0.1, 0.15) is 64.7 Å². The minimum atomic E-state index is -0.531. The summed E-state index contributed by atoms with van der Waals surface area (Å²) in [5.74, 6) is -0.414. The van der Waals surface area contributed by atoms with Gasteiger partial charge in [-0.2, -0.15) is 5.26 Å². The highest BCUT2D eigenvalue weighted by Crippen LogP contribution is 2.48. The van der Waals surface area contributed by atoms with E-state index in [0.717, 1.165) is 52.1 Å². The van der Waals surface area contributed by atoms with Gasteiger partial charge in [-0.15, -0.1) is 0 Å². The van der Waals surface area contributed by atoms with Gasteiger partial charge in [0, 0.05) is 32.0 Å². The lowest BCUT2D eigenvalue weighted by atomic mass is 9.63. The molecular formula is C28H44N2O5. The van der Waals surface area contributed by atoms with Crippen LogP contribution in [0, 0.1) is 34.5 Å². The predicted octanol–water partition coefficient (Wildman–Crippen LogP) is 3.61. The van der Waals surface area contributed by atoms with E-state index in [9.17, 15) is 20.3 Å². The van der Waals surface area contributed by atoms with Crippen LogP contribution >= 0.6 is 0 Å². The molecule has 1 saturated heterocycles. The molecule has 0 aromatic rings. The Bertz CT molecular complexity index is 745. The number of carbonyl (C=O) groups is 1. The molecule has 0 aromatic carbocycles. The summed E-state index contributed by atoms with van der Waals surface area (Å²) in [4.78, 5) is 14.2. The van der Waals surface area contributed by atoms with Gasteiger partial charge in [0.05, 0.1) is 37.4 Å². The molecule has 3 aliphatic rings. The maximum absolute atomic E-state index is 12.0. The van der Waals surface area contributed by atoms with Crippen molar-refractivity contribution >= 4 is 5.97 Å². The first-order chi connectivity index (χ1) is 17.0. The van der Waals surface area contributed by atoms with Gasteiger partial charge in [-0.3, -0.25) is 9.69 Å². The quantitative estimate of drug-likeness (QED) is 0.301. The summed E-state index contributed by atoms with van der Waals surface area (Å²) in [6, 6.07) is 2.37. The maximum Gasteiger partial charge on any atom is 0.306 e. The van der Waals surface area contributed by atoms with Gasteiger partial charge in [-0.1, -0.05) is 37.6 Å². The third kappa shape index (κ3) is 7.88. The molecule has 0 bridgehead atoms. The van der Waals surface area contributed by atoms with Crippen LogP contribution < -0.4 is 0 Å². The van der Waals surface area contributed by atoms with Gasteiger partial charge in [-0.05, 0) is 56.3 Å². The third-order valence-electron chi connectivity index (χ3n) is 8.46. The largest absolute Gasteiger partial charge is 0.464 e. The smallest absolute Gasteiger partial charge is 0.306 e. The zero-order valence-electron chi connectivity index (χ0n) is 21.3. The number of hydrogen-bond donors (Lipinski definition) is 2. The monoisotopic (exact) mass is 488 g/mol. The van der Waals surface area contributed by atoms with Crippen LogP contribution in [-0.4, -0.2) is 72.7 Å². The molecule has 7 nitrogen and oxygen atoms in total. The molecule has 1 unspecified atom stereocenters. The van der Waals surface area contributed by atoms with Gasteiger partial charge in [0.2, 0.25) is 0 Å². The molecule has 5 atom stereocenters. The van der Waals surface area contributed by atoms with E-state index < -0.39 is 6.10 Å². The number of ether oxygens (including phenoxy) is 2. The molecule has 1 aliphatic heterocycles. The molecule has 0 amide bonds. The third-order valence-corrected chi connectivity index (χ3v) is 8.46. The fourth-order valence-corrected chi connectivity index (χ4v) is 5.81. The number of aliphatic hydroxyl groups is 2. The summed E-state index contributed by atoms with van der Waals surface area (Å²) in [5, 5.41) is 30.8. The lowest BCUT2D eigenvalue weighted by molar-refractivity contribution is -0.144. The summed E-state index contributed by atoms with van der Waals surface area (Å²) in [7, 11) is 0. The van der Waals surface area contributed by atoms with E-state index in [1.165, 1.54) is 6.42 Å². The van der Waals surface area contributed by atoms with E-state index in [-0.39, 0.29) is 35.2 Å². The number of morpholine rings is 1. The molecule has 35 heavy (non-hydrogen) atoms. The number of rotatable bonds is 13. The topological polar surface area (TPSA) is 103 Å². The lowest BCUT2D eigenvalue weighted by Crippen LogP contribution is -2.40. The summed E-state index contributed by atoms with van der Waals surface area (Å²) < 4.78 is 10.7. The van der Waals surface area contributed by atoms with Crippen molar-refractivity contribution < 1.29 is 24.5 Å². The molecular weight excluding hydrogens is 444 g/mol. The Kier molecular flexibility index (Phi) is 11.2. The van der Waals surface area contributed by atoms with Crippen LogP contribution in [-0.2, 0) is 14.3 Å². The van der Waals surface area contributed by atoms with E-state index in [1.807, 2.05) is 24.3 Å². The zero-order valence-corrected chi connectivity index (χ0v) is 21.3. The fourth-order valence-electron chi connectivity index (χ4n) is 5.81. The molecule has 1 heterocycles. The second-order valence-corrected chi connectivity index (χ2v) is 10.4. The highest BCUT2D eigenvalue weighted by molar-refractivity contribution is 5.69. The molecule has 0 spiro atoms. The molecule has 2 saturated carbocycles. The van der Waals surface area contributed by atoms with Crippen molar-refractivity contribution in [3.8, 4) is 6.07 Å². The molecule has 0 aromatic heterocycles. The number of hydrogen-bond acceptors (Lipinski definition) is 7. The van der Waals surface area contributed by atoms with Gasteiger partial charge >= 0.3 is 5.97 Å². The van der Waals surface area contributed by atoms with E-state index >= 15 is 0 Å². The number of esters is 1. The zero-order chi connectivity index (χ0) is 25.1. The lowest BCUT2D eigenvalue weighted by Gasteiger charge is -2.45. The Morgan fingerprint density at radius 1 is 1.29 bits per heavy atom. The second kappa shape index (κ2) is 14.1. The Labute approximate surface area is 210 Å². The maximum atomic E-state index is 12.0. The Hall–Kier alpha value is -1.72. The van der Waals surface area contributed by atoms with Crippen molar-refractivity contribution in [3.63, 3.8) is 0 Å². The fraction of sp³-hybridized carbons (Fsp3) is 0.786. The summed E-state index contributed by atoms with van der Waals surface area (Å²) >= 11 is 0. The Balaban J connectivity index is 1.39. The van der Waals surface area contributed by atoms with Crippen LogP contribution in [0.4, 0.5) is 0 Å². The van der Waals surface area contributed by atoms with Crippen LogP contribution in [0.25, 0.3) is 0 Å². The van der Waals surface area contributed by atoms with Gasteiger partial charge in [-0.25, -0.2) is 0 Å². The highest BCUT2D eigenvalue weighted by Gasteiger charge is 2.42. The number of nitrogens with zero attached hydrogens (tertiary/aromatic N) is 2. The minimum absolute atomic E-state index is 0.0453. The number of allylic oxidation sites excluding steroid dienone is 2. The van der Waals surface area contributed by atoms with Gasteiger partial charge in [0.15, 0.2) is 0 Å². The first-order valence-corrected chi connectivity index (χ1v) is 13.5. The molecule has 2 aliphatic carbocycles. The van der Waals surface area contributed by atoms with Crippen molar-refractivity contribution in [1.29, 1.82) is 5.26 Å². The first-order valence-electron chi connectivity index (χ1n) is 13.5. The van der Waals surface area contributed by atoms with Crippen molar-refractivity contribution in [1.82, 2.24) is 4.90 Å². The second-order valence-electron chi connectivity index (χ2n) is 10.4. The highest BCUT2D eigenvalue weighted by atomic mass is 16.5. The van der Waals surface area contributed by atoms with Gasteiger partial charge in [0.1, 0.15) is 6.61 Å². The van der Waals surface area contributed by atoms with Crippen molar-refractivity contribution in [3.05, 3.63) is 24.3 Å². The summed E-state index contributed by atoms with van der Waals surface area (Å²) in [6.45, 7) is 6.55. The van der Waals surface area contributed by atoms with Gasteiger partial charge in [0.25, 0.3) is 0 Å². The van der Waals surface area contributed by atoms with Crippen LogP contribution in [0.15, 0.2) is 24.3 Å². The molecule has 3 fully saturated rings. The van der Waals surface area contributed by atoms with E-state index in [4.69, 9.17) is 9.47 Å². The molecule has 2 N–H and O–H groups in total. The molecule has 7 heteroatoms. The normalized spacial score (nSPS) is 29.8. The molecule has 196 valence electrons. The van der Waals surface area contributed by atoms with E-state index in [0.29, 0.717) is 38.7 Å². The Morgan fingerprint density at radius 2 is 2.06 bits per heavy atom. The number of carbonyl (C=O) groups excluding carboxylic acids is 1. The predicted molar refractivity (Wildman–Crippen MR) is 134 cm³/mol. The first kappa shape index (κ1) is 27.9. The van der Waals surface area contributed by atoms with Crippen molar-refractivity contribution in [2.45, 2.75) is 76.9 Å². The standard InChI is InChI=1S/C28H44N2O5/c1-2-28(12-7-13-28)26(32)10-6-9-24-23(22(21-29)20-25(24)31)8-4-3-5-11-27(33)35-19-16-30-14-17-34-18-15-30/h3-4,6,9,22-26,31-32H,2,5,7-8,10-20H2,1H3/b4-3-,9-6+/t22-,23-,24+,25+,26?/m0/s1. The number of nitriles is 1. The van der Waals surface area contributed by atoms with Crippen LogP contribution in [0.5, 0.6) is 0 Å². The Morgan fingerprint density at radius 3 is 2.71 bits per heavy atom. The van der Waals surface area contributed by atoms with E-state index in [1.54, 1.807) is 0 Å².